The molecule has 0 spiro atoms. The van der Waals surface area contributed by atoms with E-state index in [4.69, 9.17) is 20.1 Å². The lowest BCUT2D eigenvalue weighted by atomic mass is 10.1. The van der Waals surface area contributed by atoms with Crippen molar-refractivity contribution in [1.29, 1.82) is 10.7 Å². The van der Waals surface area contributed by atoms with E-state index in [2.05, 4.69) is 10.2 Å². The Morgan fingerprint density at radius 3 is 2.79 bits per heavy atom. The average molecular weight is 415 g/mol. The molecule has 144 valence electrons. The quantitative estimate of drug-likeness (QED) is 0.686. The number of aromatic nitrogens is 2. The number of nitriles is 1. The van der Waals surface area contributed by atoms with Crippen LogP contribution in [0, 0.1) is 16.7 Å². The van der Waals surface area contributed by atoms with Crippen LogP contribution in [0.4, 0.5) is 0 Å². The van der Waals surface area contributed by atoms with Gasteiger partial charge in [-0.2, -0.15) is 5.26 Å². The fraction of sp³-hybridized carbons (Fsp3) is 0.316. The van der Waals surface area contributed by atoms with Crippen LogP contribution in [0.1, 0.15) is 35.3 Å². The van der Waals surface area contributed by atoms with Crippen LogP contribution in [0.3, 0.4) is 0 Å². The Morgan fingerprint density at radius 2 is 2.11 bits per heavy atom. The van der Waals surface area contributed by atoms with Crippen LogP contribution in [0.15, 0.2) is 23.1 Å². The first-order chi connectivity index (χ1) is 13.6. The fourth-order valence-electron chi connectivity index (χ4n) is 2.60. The molecule has 0 unspecified atom stereocenters. The van der Waals surface area contributed by atoms with Gasteiger partial charge in [0.25, 0.3) is 0 Å². The fourth-order valence-corrected chi connectivity index (χ4v) is 4.56. The molecule has 2 aromatic rings. The average Bonchev–Trinajstić information content (AvgIpc) is 3.25. The largest absolute Gasteiger partial charge is 0.490 e. The summed E-state index contributed by atoms with van der Waals surface area (Å²) in [6.45, 7) is 4.20. The number of nitrogens with one attached hydrogen (secondary N) is 1. The van der Waals surface area contributed by atoms with Gasteiger partial charge in [-0.05, 0) is 37.1 Å². The van der Waals surface area contributed by atoms with E-state index in [0.717, 1.165) is 28.8 Å². The van der Waals surface area contributed by atoms with Crippen molar-refractivity contribution in [3.8, 4) is 17.6 Å². The molecule has 9 heteroatoms. The van der Waals surface area contributed by atoms with Gasteiger partial charge in [0.15, 0.2) is 23.9 Å². The molecule has 7 nitrogen and oxygen atoms in total. The van der Waals surface area contributed by atoms with E-state index >= 15 is 0 Å². The van der Waals surface area contributed by atoms with Crippen LogP contribution in [0.25, 0.3) is 6.08 Å². The predicted octanol–water partition coefficient (Wildman–Crippen LogP) is 3.82. The van der Waals surface area contributed by atoms with Gasteiger partial charge >= 0.3 is 0 Å². The summed E-state index contributed by atoms with van der Waals surface area (Å²) in [6.07, 6.45) is 2.49. The maximum atomic E-state index is 12.9. The number of rotatable bonds is 7. The first-order valence-corrected chi connectivity index (χ1v) is 10.3. The predicted molar refractivity (Wildman–Crippen MR) is 109 cm³/mol. The van der Waals surface area contributed by atoms with Crippen LogP contribution < -0.4 is 9.47 Å². The molecule has 1 aromatic carbocycles. The van der Waals surface area contributed by atoms with Crippen molar-refractivity contribution in [3.63, 3.8) is 0 Å². The second-order valence-electron chi connectivity index (χ2n) is 5.75. The minimum Gasteiger partial charge on any atom is -0.490 e. The van der Waals surface area contributed by atoms with Gasteiger partial charge in [0.1, 0.15) is 22.0 Å². The number of carbonyl (C=O) groups is 1. The number of hydrogen-bond donors (Lipinski definition) is 1. The summed E-state index contributed by atoms with van der Waals surface area (Å²) in [5.74, 6) is 0.170. The van der Waals surface area contributed by atoms with Gasteiger partial charge in [0.05, 0.1) is 16.6 Å². The number of ketones is 1. The molecule has 0 aliphatic carbocycles. The van der Waals surface area contributed by atoms with Crippen molar-refractivity contribution in [1.82, 2.24) is 10.2 Å². The molecule has 0 saturated carbocycles. The number of nitrogens with zero attached hydrogens (tertiary/aromatic N) is 3. The van der Waals surface area contributed by atoms with Crippen LogP contribution in [-0.2, 0) is 11.2 Å². The highest BCUT2D eigenvalue weighted by atomic mass is 32.2. The van der Waals surface area contributed by atoms with Gasteiger partial charge in [-0.15, -0.1) is 21.5 Å². The molecule has 1 aliphatic rings. The number of thioether (sulfide) groups is 1. The first kappa shape index (κ1) is 20.0. The van der Waals surface area contributed by atoms with Gasteiger partial charge in [-0.3, -0.25) is 10.2 Å². The summed E-state index contributed by atoms with van der Waals surface area (Å²) in [6, 6.07) is 7.18. The van der Waals surface area contributed by atoms with E-state index in [-0.39, 0.29) is 17.4 Å². The number of carbonyl (C=O) groups excluding carboxylic acids is 1. The lowest BCUT2D eigenvalue weighted by Gasteiger charge is -2.10. The van der Waals surface area contributed by atoms with Crippen molar-refractivity contribution in [2.24, 2.45) is 0 Å². The lowest BCUT2D eigenvalue weighted by Crippen LogP contribution is -2.11. The third-order valence-electron chi connectivity index (χ3n) is 3.88. The molecule has 28 heavy (non-hydrogen) atoms. The van der Waals surface area contributed by atoms with Crippen molar-refractivity contribution < 1.29 is 14.3 Å². The highest BCUT2D eigenvalue weighted by molar-refractivity contribution is 8.19. The number of Topliss-reactive ketones (excluding diaryl/α,β-unsaturated/α-hetero) is 1. The first-order valence-electron chi connectivity index (χ1n) is 8.68. The molecule has 0 amide bonds. The Balaban J connectivity index is 1.87. The number of ether oxygens (including phenoxy) is 2. The number of benzene rings is 1. The van der Waals surface area contributed by atoms with Crippen molar-refractivity contribution >= 4 is 40.0 Å². The van der Waals surface area contributed by atoms with E-state index in [0.29, 0.717) is 28.0 Å². The topological polar surface area (TPSA) is 109 Å². The van der Waals surface area contributed by atoms with E-state index in [1.165, 1.54) is 11.3 Å². The van der Waals surface area contributed by atoms with Gasteiger partial charge in [0, 0.05) is 0 Å². The van der Waals surface area contributed by atoms with Gasteiger partial charge in [0.2, 0.25) is 0 Å². The van der Waals surface area contributed by atoms with E-state index < -0.39 is 5.92 Å². The standard InChI is InChI=1S/C19H18N4O3S2/c1-3-15-22-23-19(28-15)16-17(24)14(27-18(16)21)10-11-5-6-12(26-8-7-20)13(9-11)25-4-2/h5-6,9-10,16,21H,3-4,8H2,1-2H3/b14-10-,21-18?/t16-/m1/s1. The molecule has 3 rings (SSSR count). The highest BCUT2D eigenvalue weighted by Gasteiger charge is 2.39. The lowest BCUT2D eigenvalue weighted by molar-refractivity contribution is -0.114. The summed E-state index contributed by atoms with van der Waals surface area (Å²) < 4.78 is 10.9. The molecule has 1 aromatic heterocycles. The summed E-state index contributed by atoms with van der Waals surface area (Å²) in [4.78, 5) is 13.3. The zero-order valence-electron chi connectivity index (χ0n) is 15.4. The van der Waals surface area contributed by atoms with Gasteiger partial charge in [-0.1, -0.05) is 24.8 Å². The zero-order chi connectivity index (χ0) is 20.1. The third kappa shape index (κ3) is 4.24. The molecule has 1 atom stereocenters. The normalized spacial score (nSPS) is 17.8. The van der Waals surface area contributed by atoms with Crippen LogP contribution in [-0.4, -0.2) is 34.2 Å². The molecular weight excluding hydrogens is 396 g/mol. The monoisotopic (exact) mass is 414 g/mol. The summed E-state index contributed by atoms with van der Waals surface area (Å²) in [5, 5.41) is 26.7. The number of hydrogen-bond acceptors (Lipinski definition) is 9. The molecule has 1 saturated heterocycles. The van der Waals surface area contributed by atoms with Crippen molar-refractivity contribution in [3.05, 3.63) is 38.7 Å². The molecule has 2 heterocycles. The van der Waals surface area contributed by atoms with Gasteiger partial charge in [-0.25, -0.2) is 0 Å². The number of allylic oxidation sites excluding steroid dienone is 1. The molecule has 1 aliphatic heterocycles. The Labute approximate surface area is 170 Å². The highest BCUT2D eigenvalue weighted by Crippen LogP contribution is 2.42. The Kier molecular flexibility index (Phi) is 6.44. The zero-order valence-corrected chi connectivity index (χ0v) is 17.0. The molecule has 0 radical (unpaired) electrons. The second-order valence-corrected chi connectivity index (χ2v) is 7.92. The van der Waals surface area contributed by atoms with E-state index in [9.17, 15) is 4.79 Å². The van der Waals surface area contributed by atoms with Crippen molar-refractivity contribution in [2.75, 3.05) is 13.2 Å². The van der Waals surface area contributed by atoms with E-state index in [1.807, 2.05) is 19.9 Å². The van der Waals surface area contributed by atoms with Crippen LogP contribution >= 0.6 is 23.1 Å². The van der Waals surface area contributed by atoms with E-state index in [1.54, 1.807) is 24.3 Å². The molecule has 1 N–H and O–H groups in total. The smallest absolute Gasteiger partial charge is 0.186 e. The minimum atomic E-state index is -0.668. The third-order valence-corrected chi connectivity index (χ3v) is 6.00. The summed E-state index contributed by atoms with van der Waals surface area (Å²) >= 11 is 2.52. The summed E-state index contributed by atoms with van der Waals surface area (Å²) in [5.41, 5.74) is 0.753. The Morgan fingerprint density at radius 1 is 1.29 bits per heavy atom. The minimum absolute atomic E-state index is 0.0741. The SMILES string of the molecule is CCOc1cc(/C=C2\SC(=N)[C@H](c3nnc(CC)s3)C2=O)ccc1OCC#N. The molecule has 0 bridgehead atoms. The van der Waals surface area contributed by atoms with Gasteiger partial charge < -0.3 is 9.47 Å². The van der Waals surface area contributed by atoms with Crippen LogP contribution in [0.2, 0.25) is 0 Å². The van der Waals surface area contributed by atoms with Crippen LogP contribution in [0.5, 0.6) is 11.5 Å². The maximum Gasteiger partial charge on any atom is 0.186 e. The Bertz CT molecular complexity index is 978. The maximum absolute atomic E-state index is 12.9. The second kappa shape index (κ2) is 8.99. The Hall–Kier alpha value is -2.70. The van der Waals surface area contributed by atoms with Crippen molar-refractivity contribution in [2.45, 2.75) is 26.2 Å². The molecule has 1 fully saturated rings. The number of aryl methyl sites for hydroxylation is 1. The molecular formula is C19H18N4O3S2. The summed E-state index contributed by atoms with van der Waals surface area (Å²) in [7, 11) is 0.